The van der Waals surface area contributed by atoms with Gasteiger partial charge in [0.25, 0.3) is 0 Å². The number of ether oxygens (including phenoxy) is 1. The van der Waals surface area contributed by atoms with Gasteiger partial charge in [-0.05, 0) is 30.3 Å². The van der Waals surface area contributed by atoms with Crippen molar-refractivity contribution in [2.75, 3.05) is 7.11 Å². The average molecular weight is 396 g/mol. The lowest BCUT2D eigenvalue weighted by atomic mass is 10.3. The van der Waals surface area contributed by atoms with Crippen molar-refractivity contribution in [1.82, 2.24) is 14.7 Å². The Labute approximate surface area is 142 Å². The van der Waals surface area contributed by atoms with Crippen molar-refractivity contribution in [1.29, 1.82) is 0 Å². The Morgan fingerprint density at radius 3 is 2.78 bits per heavy atom. The van der Waals surface area contributed by atoms with Crippen LogP contribution in [0.5, 0.6) is 5.75 Å². The maximum atomic E-state index is 12.5. The summed E-state index contributed by atoms with van der Waals surface area (Å²) in [7, 11) is -2.29. The molecular weight excluding hydrogens is 382 g/mol. The number of fused-ring (bicyclic) bond motifs is 1. The molecule has 0 bridgehead atoms. The number of imidazole rings is 1. The third kappa shape index (κ3) is 3.39. The number of hydrogen-bond donors (Lipinski definition) is 2. The minimum Gasteiger partial charge on any atom is -0.495 e. The van der Waals surface area contributed by atoms with Gasteiger partial charge in [0.05, 0.1) is 24.7 Å². The lowest BCUT2D eigenvalue weighted by Crippen LogP contribution is -2.24. The van der Waals surface area contributed by atoms with E-state index < -0.39 is 10.0 Å². The summed E-state index contributed by atoms with van der Waals surface area (Å²) in [6, 6.07) is 12.3. The molecule has 2 aromatic carbocycles. The molecule has 2 N–H and O–H groups in total. The quantitative estimate of drug-likeness (QED) is 0.695. The highest BCUT2D eigenvalue weighted by Gasteiger charge is 2.20. The molecule has 8 heteroatoms. The smallest absolute Gasteiger partial charge is 0.244 e. The molecule has 120 valence electrons. The van der Waals surface area contributed by atoms with Crippen LogP contribution in [0.2, 0.25) is 0 Å². The van der Waals surface area contributed by atoms with Gasteiger partial charge in [-0.25, -0.2) is 18.1 Å². The Hall–Kier alpha value is -1.90. The number of aromatic nitrogens is 2. The molecule has 23 heavy (non-hydrogen) atoms. The number of halogens is 1. The molecule has 6 nitrogen and oxygen atoms in total. The Morgan fingerprint density at radius 1 is 1.26 bits per heavy atom. The topological polar surface area (TPSA) is 84.1 Å². The van der Waals surface area contributed by atoms with Crippen LogP contribution in [0.3, 0.4) is 0 Å². The highest BCUT2D eigenvalue weighted by Crippen LogP contribution is 2.27. The summed E-state index contributed by atoms with van der Waals surface area (Å²) in [6.45, 7) is 0.0622. The Morgan fingerprint density at radius 2 is 2.04 bits per heavy atom. The first-order valence-electron chi connectivity index (χ1n) is 6.76. The normalized spacial score (nSPS) is 11.7. The van der Waals surface area contributed by atoms with Crippen LogP contribution in [0.25, 0.3) is 11.0 Å². The summed E-state index contributed by atoms with van der Waals surface area (Å²) in [6.07, 6.45) is 0. The van der Waals surface area contributed by atoms with Crippen LogP contribution >= 0.6 is 15.9 Å². The fourth-order valence-electron chi connectivity index (χ4n) is 2.19. The van der Waals surface area contributed by atoms with E-state index in [0.29, 0.717) is 10.3 Å². The van der Waals surface area contributed by atoms with Crippen LogP contribution in [-0.4, -0.2) is 25.5 Å². The second-order valence-corrected chi connectivity index (χ2v) is 7.47. The van der Waals surface area contributed by atoms with Crippen LogP contribution in [0.15, 0.2) is 51.8 Å². The molecule has 1 heterocycles. The largest absolute Gasteiger partial charge is 0.495 e. The number of hydrogen-bond acceptors (Lipinski definition) is 4. The minimum absolute atomic E-state index is 0.0622. The van der Waals surface area contributed by atoms with Gasteiger partial charge in [0.15, 0.2) is 0 Å². The molecule has 0 unspecified atom stereocenters. The molecule has 0 amide bonds. The van der Waals surface area contributed by atoms with Crippen molar-refractivity contribution in [3.8, 4) is 5.75 Å². The highest BCUT2D eigenvalue weighted by atomic mass is 79.9. The second-order valence-electron chi connectivity index (χ2n) is 4.82. The third-order valence-corrected chi connectivity index (χ3v) is 5.20. The molecule has 0 saturated heterocycles. The molecular formula is C15H14BrN3O3S. The summed E-state index contributed by atoms with van der Waals surface area (Å²) in [5.74, 6) is 0.828. The SMILES string of the molecule is COc1ccc(Br)cc1S(=O)(=O)NCc1nc2ccccc2[nH]1. The Bertz CT molecular complexity index is 921. The van der Waals surface area contributed by atoms with Gasteiger partial charge >= 0.3 is 0 Å². The number of rotatable bonds is 5. The summed E-state index contributed by atoms with van der Waals surface area (Å²) in [4.78, 5) is 7.50. The molecule has 3 aromatic rings. The zero-order valence-corrected chi connectivity index (χ0v) is 14.6. The number of methoxy groups -OCH3 is 1. The minimum atomic E-state index is -3.73. The second kappa shape index (κ2) is 6.31. The van der Waals surface area contributed by atoms with Gasteiger partial charge in [-0.2, -0.15) is 0 Å². The van der Waals surface area contributed by atoms with Crippen molar-refractivity contribution in [3.63, 3.8) is 0 Å². The number of H-pyrrole nitrogens is 1. The van der Waals surface area contributed by atoms with Crippen molar-refractivity contribution in [3.05, 3.63) is 52.8 Å². The van der Waals surface area contributed by atoms with E-state index in [4.69, 9.17) is 4.74 Å². The molecule has 0 aliphatic heterocycles. The molecule has 0 fully saturated rings. The predicted octanol–water partition coefficient (Wildman–Crippen LogP) is 2.81. The monoisotopic (exact) mass is 395 g/mol. The lowest BCUT2D eigenvalue weighted by molar-refractivity contribution is 0.402. The first kappa shape index (κ1) is 16.0. The number of para-hydroxylation sites is 2. The van der Waals surface area contributed by atoms with Crippen LogP contribution in [0, 0.1) is 0 Å². The number of sulfonamides is 1. The molecule has 3 rings (SSSR count). The van der Waals surface area contributed by atoms with E-state index in [9.17, 15) is 8.42 Å². The first-order valence-corrected chi connectivity index (χ1v) is 9.04. The maximum absolute atomic E-state index is 12.5. The Balaban J connectivity index is 1.85. The zero-order valence-electron chi connectivity index (χ0n) is 12.2. The van der Waals surface area contributed by atoms with Crippen LogP contribution in [0.1, 0.15) is 5.82 Å². The van der Waals surface area contributed by atoms with Crippen LogP contribution in [-0.2, 0) is 16.6 Å². The third-order valence-electron chi connectivity index (χ3n) is 3.28. The number of aromatic amines is 1. The summed E-state index contributed by atoms with van der Waals surface area (Å²) >= 11 is 3.27. The van der Waals surface area contributed by atoms with Crippen LogP contribution in [0.4, 0.5) is 0 Å². The fourth-order valence-corrected chi connectivity index (χ4v) is 3.88. The summed E-state index contributed by atoms with van der Waals surface area (Å²) < 4.78 is 33.3. The number of benzene rings is 2. The molecule has 0 radical (unpaired) electrons. The van der Waals surface area contributed by atoms with Gasteiger partial charge in [0.2, 0.25) is 10.0 Å². The molecule has 0 aliphatic rings. The molecule has 1 aromatic heterocycles. The summed E-state index contributed by atoms with van der Waals surface area (Å²) in [5, 5.41) is 0. The van der Waals surface area contributed by atoms with E-state index in [2.05, 4.69) is 30.6 Å². The van der Waals surface area contributed by atoms with Crippen molar-refractivity contribution in [2.45, 2.75) is 11.4 Å². The van der Waals surface area contributed by atoms with Crippen molar-refractivity contribution >= 4 is 37.0 Å². The molecule has 0 aliphatic carbocycles. The van der Waals surface area contributed by atoms with E-state index in [1.54, 1.807) is 12.1 Å². The van der Waals surface area contributed by atoms with E-state index >= 15 is 0 Å². The maximum Gasteiger partial charge on any atom is 0.244 e. The molecule has 0 saturated carbocycles. The van der Waals surface area contributed by atoms with Gasteiger partial charge in [0, 0.05) is 4.47 Å². The average Bonchev–Trinajstić information content (AvgIpc) is 2.96. The predicted molar refractivity (Wildman–Crippen MR) is 90.8 cm³/mol. The lowest BCUT2D eigenvalue weighted by Gasteiger charge is -2.10. The molecule has 0 atom stereocenters. The van der Waals surface area contributed by atoms with Gasteiger partial charge in [0.1, 0.15) is 16.5 Å². The van der Waals surface area contributed by atoms with E-state index in [1.807, 2.05) is 24.3 Å². The number of nitrogens with one attached hydrogen (secondary N) is 2. The van der Waals surface area contributed by atoms with Gasteiger partial charge in [-0.3, -0.25) is 0 Å². The van der Waals surface area contributed by atoms with Crippen LogP contribution < -0.4 is 9.46 Å². The highest BCUT2D eigenvalue weighted by molar-refractivity contribution is 9.10. The fraction of sp³-hybridized carbons (Fsp3) is 0.133. The number of nitrogens with zero attached hydrogens (tertiary/aromatic N) is 1. The first-order chi connectivity index (χ1) is 11.0. The zero-order chi connectivity index (χ0) is 16.4. The summed E-state index contributed by atoms with van der Waals surface area (Å²) in [5.41, 5.74) is 1.66. The van der Waals surface area contributed by atoms with E-state index in [0.717, 1.165) is 11.0 Å². The van der Waals surface area contributed by atoms with Gasteiger partial charge < -0.3 is 9.72 Å². The van der Waals surface area contributed by atoms with E-state index in [1.165, 1.54) is 13.2 Å². The van der Waals surface area contributed by atoms with E-state index in [-0.39, 0.29) is 17.2 Å². The standard InChI is InChI=1S/C15H14BrN3O3S/c1-22-13-7-6-10(16)8-14(13)23(20,21)17-9-15-18-11-4-2-3-5-12(11)19-15/h2-8,17H,9H2,1H3,(H,18,19). The van der Waals surface area contributed by atoms with Gasteiger partial charge in [-0.1, -0.05) is 28.1 Å². The van der Waals surface area contributed by atoms with Crippen molar-refractivity contribution < 1.29 is 13.2 Å². The molecule has 0 spiro atoms. The van der Waals surface area contributed by atoms with Gasteiger partial charge in [-0.15, -0.1) is 0 Å². The Kier molecular flexibility index (Phi) is 4.38. The van der Waals surface area contributed by atoms with Crippen molar-refractivity contribution in [2.24, 2.45) is 0 Å².